The van der Waals surface area contributed by atoms with E-state index in [4.69, 9.17) is 0 Å². The number of rotatable bonds is 2. The van der Waals surface area contributed by atoms with Crippen LogP contribution in [0.15, 0.2) is 5.38 Å². The molecule has 5 heteroatoms. The summed E-state index contributed by atoms with van der Waals surface area (Å²) >= 11 is 1.74. The third kappa shape index (κ3) is 2.67. The van der Waals surface area contributed by atoms with Crippen molar-refractivity contribution >= 4 is 17.2 Å². The molecule has 3 heterocycles. The van der Waals surface area contributed by atoms with Crippen molar-refractivity contribution < 1.29 is 4.79 Å². The van der Waals surface area contributed by atoms with Gasteiger partial charge in [-0.3, -0.25) is 9.69 Å². The van der Waals surface area contributed by atoms with Gasteiger partial charge in [0.1, 0.15) is 5.01 Å². The van der Waals surface area contributed by atoms with E-state index in [0.717, 1.165) is 57.6 Å². The highest BCUT2D eigenvalue weighted by molar-refractivity contribution is 7.09. The van der Waals surface area contributed by atoms with Crippen LogP contribution in [0.4, 0.5) is 0 Å². The Morgan fingerprint density at radius 1 is 1.42 bits per heavy atom. The van der Waals surface area contributed by atoms with Gasteiger partial charge in [0.2, 0.25) is 5.91 Å². The van der Waals surface area contributed by atoms with Crippen molar-refractivity contribution in [3.05, 3.63) is 16.1 Å². The van der Waals surface area contributed by atoms with Crippen molar-refractivity contribution in [3.8, 4) is 0 Å². The highest BCUT2D eigenvalue weighted by Gasteiger charge is 2.42. The van der Waals surface area contributed by atoms with Gasteiger partial charge in [-0.25, -0.2) is 4.98 Å². The molecule has 0 aliphatic carbocycles. The van der Waals surface area contributed by atoms with Gasteiger partial charge in [-0.15, -0.1) is 11.3 Å². The van der Waals surface area contributed by atoms with Gasteiger partial charge < -0.3 is 5.32 Å². The molecular weight excluding hydrogens is 258 g/mol. The van der Waals surface area contributed by atoms with Gasteiger partial charge in [0.15, 0.2) is 0 Å². The Balaban J connectivity index is 1.63. The summed E-state index contributed by atoms with van der Waals surface area (Å²) in [6, 6.07) is 0. The van der Waals surface area contributed by atoms with Gasteiger partial charge in [-0.2, -0.15) is 0 Å². The molecular formula is C14H21N3OS. The number of carbonyl (C=O) groups is 1. The Morgan fingerprint density at radius 3 is 3.00 bits per heavy atom. The largest absolute Gasteiger partial charge is 0.356 e. The van der Waals surface area contributed by atoms with Crippen LogP contribution in [0.5, 0.6) is 0 Å². The minimum Gasteiger partial charge on any atom is -0.356 e. The van der Waals surface area contributed by atoms with Crippen molar-refractivity contribution in [1.82, 2.24) is 15.2 Å². The predicted molar refractivity (Wildman–Crippen MR) is 76.0 cm³/mol. The Bertz CT molecular complexity index is 473. The summed E-state index contributed by atoms with van der Waals surface area (Å²) in [6.07, 6.45) is 4.20. The molecule has 104 valence electrons. The third-order valence-electron chi connectivity index (χ3n) is 4.43. The number of likely N-dealkylation sites (tertiary alicyclic amines) is 1. The molecule has 1 amide bonds. The third-order valence-corrected chi connectivity index (χ3v) is 5.38. The number of nitrogens with zero attached hydrogens (tertiary/aromatic N) is 2. The molecule has 1 aromatic heterocycles. The second kappa shape index (κ2) is 5.21. The monoisotopic (exact) mass is 279 g/mol. The standard InChI is InChI=1S/C14H21N3OS/c1-11-10-19-12(16-11)9-17-7-2-3-14(5-8-17)4-6-15-13(14)18/h10H,2-9H2,1H3,(H,15,18)/t14-/m1/s1. The SMILES string of the molecule is Cc1csc(CN2CCC[C@@]3(CCNC3=O)CC2)n1. The maximum absolute atomic E-state index is 12.0. The van der Waals surface area contributed by atoms with E-state index in [2.05, 4.69) is 20.6 Å². The molecule has 0 saturated carbocycles. The average molecular weight is 279 g/mol. The van der Waals surface area contributed by atoms with Crippen molar-refractivity contribution in [2.45, 2.75) is 39.2 Å². The van der Waals surface area contributed by atoms with E-state index in [9.17, 15) is 4.79 Å². The summed E-state index contributed by atoms with van der Waals surface area (Å²) in [5, 5.41) is 6.32. The van der Waals surface area contributed by atoms with Crippen LogP contribution in [-0.4, -0.2) is 35.4 Å². The maximum Gasteiger partial charge on any atom is 0.226 e. The Kier molecular flexibility index (Phi) is 3.58. The van der Waals surface area contributed by atoms with Crippen LogP contribution in [0.1, 0.15) is 36.4 Å². The minimum absolute atomic E-state index is 0.0620. The molecule has 4 nitrogen and oxygen atoms in total. The lowest BCUT2D eigenvalue weighted by Gasteiger charge is -2.24. The second-order valence-corrected chi connectivity index (χ2v) is 6.74. The molecule has 2 aliphatic rings. The molecule has 0 unspecified atom stereocenters. The van der Waals surface area contributed by atoms with Crippen molar-refractivity contribution in [3.63, 3.8) is 0 Å². The van der Waals surface area contributed by atoms with Crippen molar-refractivity contribution in [1.29, 1.82) is 0 Å². The normalized spacial score (nSPS) is 28.6. The van der Waals surface area contributed by atoms with E-state index in [-0.39, 0.29) is 5.41 Å². The van der Waals surface area contributed by atoms with Gasteiger partial charge in [0.25, 0.3) is 0 Å². The summed E-state index contributed by atoms with van der Waals surface area (Å²) in [7, 11) is 0. The summed E-state index contributed by atoms with van der Waals surface area (Å²) in [5.74, 6) is 0.291. The summed E-state index contributed by atoms with van der Waals surface area (Å²) in [5.41, 5.74) is 1.05. The van der Waals surface area contributed by atoms with E-state index in [1.165, 1.54) is 5.01 Å². The smallest absolute Gasteiger partial charge is 0.226 e. The van der Waals surface area contributed by atoms with Crippen LogP contribution in [0, 0.1) is 12.3 Å². The molecule has 1 spiro atoms. The van der Waals surface area contributed by atoms with Crippen LogP contribution in [-0.2, 0) is 11.3 Å². The van der Waals surface area contributed by atoms with E-state index < -0.39 is 0 Å². The molecule has 1 aromatic rings. The number of aryl methyl sites for hydroxylation is 1. The Hall–Kier alpha value is -0.940. The first-order valence-corrected chi connectivity index (χ1v) is 7.98. The minimum atomic E-state index is -0.0620. The van der Waals surface area contributed by atoms with E-state index in [1.54, 1.807) is 11.3 Å². The van der Waals surface area contributed by atoms with Gasteiger partial charge in [-0.05, 0) is 45.7 Å². The lowest BCUT2D eigenvalue weighted by atomic mass is 9.79. The number of hydrogen-bond donors (Lipinski definition) is 1. The van der Waals surface area contributed by atoms with Gasteiger partial charge in [-0.1, -0.05) is 0 Å². The van der Waals surface area contributed by atoms with E-state index in [1.807, 2.05) is 6.92 Å². The van der Waals surface area contributed by atoms with Gasteiger partial charge in [0.05, 0.1) is 12.0 Å². The molecule has 3 rings (SSSR count). The fraction of sp³-hybridized carbons (Fsp3) is 0.714. The van der Waals surface area contributed by atoms with Crippen LogP contribution >= 0.6 is 11.3 Å². The van der Waals surface area contributed by atoms with Crippen molar-refractivity contribution in [2.75, 3.05) is 19.6 Å². The zero-order chi connectivity index (χ0) is 13.3. The number of thiazole rings is 1. The second-order valence-electron chi connectivity index (χ2n) is 5.80. The van der Waals surface area contributed by atoms with Crippen LogP contribution in [0.2, 0.25) is 0 Å². The molecule has 0 aromatic carbocycles. The molecule has 1 N–H and O–H groups in total. The molecule has 1 atom stereocenters. The topological polar surface area (TPSA) is 45.2 Å². The number of aromatic nitrogens is 1. The number of hydrogen-bond acceptors (Lipinski definition) is 4. The maximum atomic E-state index is 12.0. The van der Waals surface area contributed by atoms with Crippen LogP contribution in [0.3, 0.4) is 0 Å². The van der Waals surface area contributed by atoms with E-state index >= 15 is 0 Å². The number of amides is 1. The highest BCUT2D eigenvalue weighted by Crippen LogP contribution is 2.38. The summed E-state index contributed by atoms with van der Waals surface area (Å²) in [6.45, 7) is 5.96. The first-order valence-electron chi connectivity index (χ1n) is 7.10. The summed E-state index contributed by atoms with van der Waals surface area (Å²) < 4.78 is 0. The van der Waals surface area contributed by atoms with Crippen LogP contribution < -0.4 is 5.32 Å². The first kappa shape index (κ1) is 13.1. The molecule has 2 saturated heterocycles. The zero-order valence-corrected chi connectivity index (χ0v) is 12.3. The first-order chi connectivity index (χ1) is 9.18. The molecule has 2 aliphatic heterocycles. The molecule has 0 bridgehead atoms. The van der Waals surface area contributed by atoms with Crippen LogP contribution in [0.25, 0.3) is 0 Å². The van der Waals surface area contributed by atoms with Gasteiger partial charge >= 0.3 is 0 Å². The fourth-order valence-corrected chi connectivity index (χ4v) is 4.08. The molecule has 0 radical (unpaired) electrons. The lowest BCUT2D eigenvalue weighted by Crippen LogP contribution is -2.32. The Labute approximate surface area is 118 Å². The highest BCUT2D eigenvalue weighted by atomic mass is 32.1. The van der Waals surface area contributed by atoms with Crippen molar-refractivity contribution in [2.24, 2.45) is 5.41 Å². The Morgan fingerprint density at radius 2 is 2.32 bits per heavy atom. The number of nitrogens with one attached hydrogen (secondary N) is 1. The fourth-order valence-electron chi connectivity index (χ4n) is 3.27. The molecule has 19 heavy (non-hydrogen) atoms. The number of carbonyl (C=O) groups excluding carboxylic acids is 1. The lowest BCUT2D eigenvalue weighted by molar-refractivity contribution is -0.128. The predicted octanol–water partition coefficient (Wildman–Crippen LogP) is 1.94. The summed E-state index contributed by atoms with van der Waals surface area (Å²) in [4.78, 5) is 19.0. The van der Waals surface area contributed by atoms with E-state index in [0.29, 0.717) is 5.91 Å². The zero-order valence-electron chi connectivity index (χ0n) is 11.4. The van der Waals surface area contributed by atoms with Gasteiger partial charge in [0, 0.05) is 17.6 Å². The molecule has 2 fully saturated rings. The average Bonchev–Trinajstić information content (AvgIpc) is 2.86. The quantitative estimate of drug-likeness (QED) is 0.900.